The summed E-state index contributed by atoms with van der Waals surface area (Å²) in [7, 11) is 0. The molecule has 0 radical (unpaired) electrons. The summed E-state index contributed by atoms with van der Waals surface area (Å²) in [6.45, 7) is 1.83. The van der Waals surface area contributed by atoms with Gasteiger partial charge in [-0.3, -0.25) is 9.59 Å². The van der Waals surface area contributed by atoms with E-state index in [-0.39, 0.29) is 29.8 Å². The second-order valence-corrected chi connectivity index (χ2v) is 7.42. The molecule has 2 aliphatic heterocycles. The molecule has 142 valence electrons. The van der Waals surface area contributed by atoms with Gasteiger partial charge in [0.15, 0.2) is 0 Å². The van der Waals surface area contributed by atoms with Gasteiger partial charge in [-0.15, -0.1) is 0 Å². The predicted octanol–water partition coefficient (Wildman–Crippen LogP) is 2.73. The topological polar surface area (TPSA) is 71.8 Å². The van der Waals surface area contributed by atoms with Crippen molar-refractivity contribution in [2.24, 2.45) is 11.8 Å². The van der Waals surface area contributed by atoms with Crippen LogP contribution in [0.4, 0.5) is 0 Å². The van der Waals surface area contributed by atoms with Crippen LogP contribution in [0.15, 0.2) is 47.1 Å². The monoisotopic (exact) mass is 388 g/mol. The Hall–Kier alpha value is -2.31. The average Bonchev–Trinajstić information content (AvgIpc) is 3.36. The molecule has 1 N–H and O–H groups in total. The number of carbonyl (C=O) groups is 2. The third kappa shape index (κ3) is 3.87. The molecule has 0 saturated carbocycles. The summed E-state index contributed by atoms with van der Waals surface area (Å²) >= 11 is 6.02. The highest BCUT2D eigenvalue weighted by molar-refractivity contribution is 6.30. The zero-order valence-electron chi connectivity index (χ0n) is 14.8. The van der Waals surface area contributed by atoms with Crippen LogP contribution in [0.1, 0.15) is 22.5 Å². The van der Waals surface area contributed by atoms with Gasteiger partial charge in [-0.2, -0.15) is 0 Å². The molecule has 0 aliphatic carbocycles. The van der Waals surface area contributed by atoms with E-state index in [1.165, 1.54) is 0 Å². The summed E-state index contributed by atoms with van der Waals surface area (Å²) in [6.07, 6.45) is 2.30. The van der Waals surface area contributed by atoms with Crippen molar-refractivity contribution in [2.75, 3.05) is 19.7 Å². The molecule has 2 fully saturated rings. The maximum absolute atomic E-state index is 12.9. The first-order valence-corrected chi connectivity index (χ1v) is 9.46. The van der Waals surface area contributed by atoms with Crippen LogP contribution in [0.3, 0.4) is 0 Å². The molecule has 0 spiro atoms. The number of nitrogens with one attached hydrogen (secondary N) is 1. The van der Waals surface area contributed by atoms with E-state index < -0.39 is 0 Å². The highest BCUT2D eigenvalue weighted by atomic mass is 35.5. The Morgan fingerprint density at radius 2 is 2.11 bits per heavy atom. The summed E-state index contributed by atoms with van der Waals surface area (Å²) in [5, 5.41) is 3.44. The van der Waals surface area contributed by atoms with Gasteiger partial charge in [0.1, 0.15) is 5.76 Å². The number of nitrogens with zero attached hydrogens (tertiary/aromatic N) is 1. The minimum atomic E-state index is -0.302. The molecule has 27 heavy (non-hydrogen) atoms. The molecule has 1 aromatic heterocycles. The van der Waals surface area contributed by atoms with Crippen molar-refractivity contribution < 1.29 is 18.7 Å². The van der Waals surface area contributed by atoms with Gasteiger partial charge in [-0.05, 0) is 36.8 Å². The van der Waals surface area contributed by atoms with Crippen LogP contribution in [0.5, 0.6) is 0 Å². The standard InChI is InChI=1S/C20H21ClN2O4/c21-14-4-1-3-13(9-14)20(25)23-11-17(16-6-8-27-18(16)12-23)19(24)22-10-15-5-2-7-26-15/h1-5,7,9,16-18H,6,8,10-12H2,(H,22,24)/t16-,17+,18+/m0/s1. The highest BCUT2D eigenvalue weighted by Gasteiger charge is 2.45. The third-order valence-corrected chi connectivity index (χ3v) is 5.54. The molecule has 2 amide bonds. The van der Waals surface area contributed by atoms with E-state index in [0.717, 1.165) is 6.42 Å². The number of fused-ring (bicyclic) bond motifs is 1. The Labute approximate surface area is 162 Å². The van der Waals surface area contributed by atoms with Crippen molar-refractivity contribution in [1.29, 1.82) is 0 Å². The number of ether oxygens (including phenoxy) is 1. The van der Waals surface area contributed by atoms with E-state index in [2.05, 4.69) is 5.32 Å². The molecular formula is C20H21ClN2O4. The number of rotatable bonds is 4. The minimum Gasteiger partial charge on any atom is -0.467 e. The van der Waals surface area contributed by atoms with Crippen molar-refractivity contribution in [3.63, 3.8) is 0 Å². The number of hydrogen-bond donors (Lipinski definition) is 1. The lowest BCUT2D eigenvalue weighted by Crippen LogP contribution is -2.54. The number of hydrogen-bond acceptors (Lipinski definition) is 4. The first-order valence-electron chi connectivity index (χ1n) is 9.08. The van der Waals surface area contributed by atoms with Crippen molar-refractivity contribution in [3.05, 3.63) is 59.0 Å². The lowest BCUT2D eigenvalue weighted by atomic mass is 9.82. The van der Waals surface area contributed by atoms with E-state index in [4.69, 9.17) is 20.8 Å². The van der Waals surface area contributed by atoms with E-state index in [0.29, 0.717) is 42.6 Å². The Kier molecular flexibility index (Phi) is 5.18. The van der Waals surface area contributed by atoms with Crippen molar-refractivity contribution in [2.45, 2.75) is 19.1 Å². The van der Waals surface area contributed by atoms with Gasteiger partial charge in [0.25, 0.3) is 5.91 Å². The van der Waals surface area contributed by atoms with Crippen LogP contribution in [0, 0.1) is 11.8 Å². The molecule has 6 nitrogen and oxygen atoms in total. The number of carbonyl (C=O) groups excluding carboxylic acids is 2. The van der Waals surface area contributed by atoms with Crippen molar-refractivity contribution >= 4 is 23.4 Å². The number of amides is 2. The van der Waals surface area contributed by atoms with Crippen LogP contribution in [0.25, 0.3) is 0 Å². The fraction of sp³-hybridized carbons (Fsp3) is 0.400. The van der Waals surface area contributed by atoms with Crippen LogP contribution in [-0.4, -0.2) is 42.5 Å². The predicted molar refractivity (Wildman–Crippen MR) is 99.2 cm³/mol. The fourth-order valence-electron chi connectivity index (χ4n) is 3.94. The largest absolute Gasteiger partial charge is 0.467 e. The average molecular weight is 389 g/mol. The fourth-order valence-corrected chi connectivity index (χ4v) is 4.13. The summed E-state index contributed by atoms with van der Waals surface area (Å²) in [4.78, 5) is 27.4. The molecule has 2 saturated heterocycles. The quantitative estimate of drug-likeness (QED) is 0.874. The molecule has 1 aromatic carbocycles. The van der Waals surface area contributed by atoms with Crippen LogP contribution in [-0.2, 0) is 16.1 Å². The second-order valence-electron chi connectivity index (χ2n) is 6.99. The highest BCUT2D eigenvalue weighted by Crippen LogP contribution is 2.34. The smallest absolute Gasteiger partial charge is 0.254 e. The van der Waals surface area contributed by atoms with Gasteiger partial charge >= 0.3 is 0 Å². The third-order valence-electron chi connectivity index (χ3n) is 5.31. The molecule has 2 aromatic rings. The van der Waals surface area contributed by atoms with E-state index in [1.54, 1.807) is 41.5 Å². The van der Waals surface area contributed by atoms with Crippen LogP contribution >= 0.6 is 11.6 Å². The zero-order chi connectivity index (χ0) is 18.8. The Balaban J connectivity index is 1.48. The Bertz CT molecular complexity index is 823. The van der Waals surface area contributed by atoms with Gasteiger partial charge in [-0.1, -0.05) is 17.7 Å². The van der Waals surface area contributed by atoms with Crippen molar-refractivity contribution in [1.82, 2.24) is 10.2 Å². The number of halogens is 1. The van der Waals surface area contributed by atoms with Crippen LogP contribution < -0.4 is 5.32 Å². The van der Waals surface area contributed by atoms with Gasteiger partial charge in [0, 0.05) is 36.2 Å². The lowest BCUT2D eigenvalue weighted by molar-refractivity contribution is -0.130. The number of benzene rings is 1. The summed E-state index contributed by atoms with van der Waals surface area (Å²) in [6, 6.07) is 10.5. The summed E-state index contributed by atoms with van der Waals surface area (Å²) in [5.74, 6) is 0.324. The van der Waals surface area contributed by atoms with Gasteiger partial charge in [0.05, 0.1) is 24.8 Å². The zero-order valence-corrected chi connectivity index (χ0v) is 15.5. The van der Waals surface area contributed by atoms with E-state index in [1.807, 2.05) is 6.07 Å². The molecule has 2 aliphatic rings. The van der Waals surface area contributed by atoms with Gasteiger partial charge in [-0.25, -0.2) is 0 Å². The maximum Gasteiger partial charge on any atom is 0.254 e. The summed E-state index contributed by atoms with van der Waals surface area (Å²) < 4.78 is 11.1. The maximum atomic E-state index is 12.9. The summed E-state index contributed by atoms with van der Waals surface area (Å²) in [5.41, 5.74) is 0.522. The molecular weight excluding hydrogens is 368 g/mol. The van der Waals surface area contributed by atoms with E-state index in [9.17, 15) is 9.59 Å². The lowest BCUT2D eigenvalue weighted by Gasteiger charge is -2.39. The van der Waals surface area contributed by atoms with Gasteiger partial charge < -0.3 is 19.4 Å². The molecule has 3 atom stereocenters. The number of likely N-dealkylation sites (tertiary alicyclic amines) is 1. The first kappa shape index (κ1) is 18.1. The number of furan rings is 1. The SMILES string of the molecule is O=C(NCc1ccco1)[C@@H]1CN(C(=O)c2cccc(Cl)c2)C[C@H]2OCC[C@H]21. The number of piperidine rings is 1. The Morgan fingerprint density at radius 1 is 1.22 bits per heavy atom. The molecule has 0 bridgehead atoms. The Morgan fingerprint density at radius 3 is 2.89 bits per heavy atom. The normalized spacial score (nSPS) is 24.5. The minimum absolute atomic E-state index is 0.0736. The molecule has 4 rings (SSSR count). The second kappa shape index (κ2) is 7.74. The van der Waals surface area contributed by atoms with Crippen molar-refractivity contribution in [3.8, 4) is 0 Å². The molecule has 3 heterocycles. The first-order chi connectivity index (χ1) is 13.1. The van der Waals surface area contributed by atoms with Crippen LogP contribution in [0.2, 0.25) is 5.02 Å². The van der Waals surface area contributed by atoms with E-state index >= 15 is 0 Å². The molecule has 7 heteroatoms. The molecule has 0 unspecified atom stereocenters. The van der Waals surface area contributed by atoms with Gasteiger partial charge in [0.2, 0.25) is 5.91 Å².